The van der Waals surface area contributed by atoms with Gasteiger partial charge in [0.25, 0.3) is 11.8 Å². The van der Waals surface area contributed by atoms with E-state index < -0.39 is 66.5 Å². The van der Waals surface area contributed by atoms with E-state index in [1.54, 1.807) is 51.1 Å². The number of amides is 5. The Kier molecular flexibility index (Phi) is 17.6. The maximum Gasteiger partial charge on any atom is 0.315 e. The predicted octanol–water partition coefficient (Wildman–Crippen LogP) is 4.75. The summed E-state index contributed by atoms with van der Waals surface area (Å²) in [5.74, 6) is -0.587. The zero-order valence-corrected chi connectivity index (χ0v) is 34.7. The average molecular weight is 856 g/mol. The molecule has 4 N–H and O–H groups in total. The van der Waals surface area contributed by atoms with Crippen LogP contribution in [-0.2, 0) is 29.0 Å². The standard InChI is InChI=1S/C38H58IN5O7S/c1-9-11-23-40-33(46)30(45)29(18-10-2)41-34(47)32(39)44(24-27(5)26(3)4)35(48)31(37(6,7)8)42-36(49)43-38(21-16-13-17-22-38)25-52(50,51)28-19-14-12-15-20-28/h1,12,14-15,19-20,26-27,29,31-32H,10-11,13,16-18,21-25H2,2-8H3,(H,40,46)(H,41,47)(H2,42,43,49)/t27-,29?,31-,32-/m1/s1. The number of alkyl halides is 1. The Bertz CT molecular complexity index is 1530. The molecule has 5 amide bonds. The molecule has 1 saturated carbocycles. The highest BCUT2D eigenvalue weighted by atomic mass is 127. The minimum atomic E-state index is -3.74. The number of nitrogens with zero attached hydrogens (tertiary/aromatic N) is 1. The van der Waals surface area contributed by atoms with Crippen LogP contribution in [0.1, 0.15) is 99.8 Å². The number of ketones is 1. The highest BCUT2D eigenvalue weighted by Gasteiger charge is 2.43. The Hall–Kier alpha value is -3.19. The molecule has 0 aliphatic heterocycles. The lowest BCUT2D eigenvalue weighted by molar-refractivity contribution is -0.143. The van der Waals surface area contributed by atoms with Crippen molar-refractivity contribution in [2.45, 2.75) is 126 Å². The van der Waals surface area contributed by atoms with Gasteiger partial charge in [0, 0.05) is 19.5 Å². The lowest BCUT2D eigenvalue weighted by Gasteiger charge is -2.41. The average Bonchev–Trinajstić information content (AvgIpc) is 3.08. The number of terminal acetylenes is 1. The van der Waals surface area contributed by atoms with E-state index in [9.17, 15) is 32.4 Å². The molecule has 1 unspecified atom stereocenters. The van der Waals surface area contributed by atoms with Crippen molar-refractivity contribution in [1.82, 2.24) is 26.2 Å². The van der Waals surface area contributed by atoms with Crippen LogP contribution in [0.3, 0.4) is 0 Å². The molecule has 0 aromatic heterocycles. The van der Waals surface area contributed by atoms with Crippen LogP contribution < -0.4 is 21.3 Å². The van der Waals surface area contributed by atoms with Crippen molar-refractivity contribution < 1.29 is 32.4 Å². The molecule has 1 aromatic rings. The normalized spacial score (nSPS) is 16.7. The fourth-order valence-corrected chi connectivity index (χ4v) is 8.59. The fraction of sp³-hybridized carbons (Fsp3) is 0.658. The third-order valence-corrected chi connectivity index (χ3v) is 12.7. The molecule has 1 aliphatic rings. The van der Waals surface area contributed by atoms with Crippen molar-refractivity contribution in [1.29, 1.82) is 0 Å². The number of benzene rings is 1. The number of hydrogen-bond donors (Lipinski definition) is 4. The summed E-state index contributed by atoms with van der Waals surface area (Å²) in [6, 6.07) is 5.25. The van der Waals surface area contributed by atoms with Crippen molar-refractivity contribution in [3.63, 3.8) is 0 Å². The molecule has 0 heterocycles. The van der Waals surface area contributed by atoms with Crippen LogP contribution in [0.5, 0.6) is 0 Å². The first-order valence-electron chi connectivity index (χ1n) is 18.2. The van der Waals surface area contributed by atoms with E-state index in [1.807, 2.05) is 50.3 Å². The van der Waals surface area contributed by atoms with Gasteiger partial charge in [-0.05, 0) is 71.2 Å². The summed E-state index contributed by atoms with van der Waals surface area (Å²) in [4.78, 5) is 69.4. The molecule has 12 nitrogen and oxygen atoms in total. The van der Waals surface area contributed by atoms with Crippen molar-refractivity contribution in [2.75, 3.05) is 18.8 Å². The summed E-state index contributed by atoms with van der Waals surface area (Å²) in [7, 11) is -3.74. The Morgan fingerprint density at radius 1 is 1.00 bits per heavy atom. The van der Waals surface area contributed by atoms with Crippen molar-refractivity contribution >= 4 is 62.0 Å². The lowest BCUT2D eigenvalue weighted by atomic mass is 9.83. The number of Topliss-reactive ketones (excluding diaryl/α,β-unsaturated/α-hetero) is 1. The number of urea groups is 1. The number of hydrogen-bond acceptors (Lipinski definition) is 7. The molecule has 2 rings (SSSR count). The number of carbonyl (C=O) groups excluding carboxylic acids is 5. The zero-order valence-electron chi connectivity index (χ0n) is 31.7. The van der Waals surface area contributed by atoms with Gasteiger partial charge in [-0.15, -0.1) is 12.3 Å². The van der Waals surface area contributed by atoms with Gasteiger partial charge >= 0.3 is 6.03 Å². The van der Waals surface area contributed by atoms with Gasteiger partial charge < -0.3 is 26.2 Å². The number of rotatable bonds is 18. The smallest absolute Gasteiger partial charge is 0.315 e. The Balaban J connectivity index is 2.39. The highest BCUT2D eigenvalue weighted by Crippen LogP contribution is 2.32. The number of halogens is 1. The Morgan fingerprint density at radius 3 is 2.15 bits per heavy atom. The summed E-state index contributed by atoms with van der Waals surface area (Å²) >= 11 is 1.86. The summed E-state index contributed by atoms with van der Waals surface area (Å²) in [5.41, 5.74) is -1.86. The third-order valence-electron chi connectivity index (χ3n) is 9.53. The van der Waals surface area contributed by atoms with Gasteiger partial charge in [-0.3, -0.25) is 19.2 Å². The maximum atomic E-state index is 14.6. The number of nitrogens with one attached hydrogen (secondary N) is 4. The van der Waals surface area contributed by atoms with E-state index in [0.29, 0.717) is 19.3 Å². The predicted molar refractivity (Wildman–Crippen MR) is 211 cm³/mol. The first kappa shape index (κ1) is 45.0. The lowest BCUT2D eigenvalue weighted by Crippen LogP contribution is -2.63. The van der Waals surface area contributed by atoms with Crippen LogP contribution in [-0.4, -0.2) is 83.4 Å². The molecule has 0 bridgehead atoms. The largest absolute Gasteiger partial charge is 0.348 e. The second-order valence-corrected chi connectivity index (χ2v) is 18.5. The topological polar surface area (TPSA) is 171 Å². The van der Waals surface area contributed by atoms with Crippen molar-refractivity contribution in [3.8, 4) is 12.3 Å². The van der Waals surface area contributed by atoms with E-state index in [-0.39, 0.29) is 48.4 Å². The molecule has 14 heteroatoms. The molecule has 1 fully saturated rings. The molecule has 0 spiro atoms. The first-order chi connectivity index (χ1) is 24.3. The van der Waals surface area contributed by atoms with Crippen molar-refractivity contribution in [2.24, 2.45) is 17.3 Å². The molecular formula is C38H58IN5O7S. The summed E-state index contributed by atoms with van der Waals surface area (Å²) in [5, 5.41) is 11.0. The van der Waals surface area contributed by atoms with Crippen LogP contribution >= 0.6 is 22.6 Å². The van der Waals surface area contributed by atoms with Gasteiger partial charge in [-0.2, -0.15) is 0 Å². The van der Waals surface area contributed by atoms with E-state index in [2.05, 4.69) is 27.2 Å². The monoisotopic (exact) mass is 855 g/mol. The second-order valence-electron chi connectivity index (χ2n) is 15.3. The Morgan fingerprint density at radius 2 is 1.62 bits per heavy atom. The van der Waals surface area contributed by atoms with Gasteiger partial charge in [0.15, 0.2) is 13.9 Å². The molecule has 0 saturated heterocycles. The maximum absolute atomic E-state index is 14.6. The SMILES string of the molecule is C#CCCNC(=O)C(=O)C(CCC)NC(=O)[C@H](I)N(C[C@@H](C)C(C)C)C(=O)[C@@H](NC(=O)NC1(CS(=O)(=O)c2ccccc2)CCCCC1)C(C)(C)C. The summed E-state index contributed by atoms with van der Waals surface area (Å²) in [6.07, 6.45) is 9.55. The van der Waals surface area contributed by atoms with Crippen LogP contribution in [0.4, 0.5) is 4.79 Å². The molecule has 1 aromatic carbocycles. The van der Waals surface area contributed by atoms with Crippen molar-refractivity contribution in [3.05, 3.63) is 30.3 Å². The van der Waals surface area contributed by atoms with Crippen LogP contribution in [0.25, 0.3) is 0 Å². The van der Waals surface area contributed by atoms with E-state index in [1.165, 1.54) is 4.90 Å². The summed E-state index contributed by atoms with van der Waals surface area (Å²) in [6.45, 7) is 13.5. The van der Waals surface area contributed by atoms with E-state index in [0.717, 1.165) is 19.3 Å². The van der Waals surface area contributed by atoms with Gasteiger partial charge in [0.2, 0.25) is 11.7 Å². The van der Waals surface area contributed by atoms with Gasteiger partial charge in [-0.1, -0.05) is 92.3 Å². The fourth-order valence-electron chi connectivity index (χ4n) is 6.08. The number of carbonyl (C=O) groups is 5. The third kappa shape index (κ3) is 13.3. The second kappa shape index (κ2) is 20.3. The molecule has 4 atom stereocenters. The first-order valence-corrected chi connectivity index (χ1v) is 21.0. The quantitative estimate of drug-likeness (QED) is 0.0413. The van der Waals surface area contributed by atoms with E-state index >= 15 is 0 Å². The summed E-state index contributed by atoms with van der Waals surface area (Å²) < 4.78 is 25.9. The van der Waals surface area contributed by atoms with Crippen LogP contribution in [0.15, 0.2) is 35.2 Å². The molecule has 52 heavy (non-hydrogen) atoms. The van der Waals surface area contributed by atoms with E-state index in [4.69, 9.17) is 6.42 Å². The minimum absolute atomic E-state index is 0.0489. The molecule has 290 valence electrons. The van der Waals surface area contributed by atoms with Crippen LogP contribution in [0, 0.1) is 29.6 Å². The zero-order chi connectivity index (χ0) is 39.3. The van der Waals surface area contributed by atoms with Gasteiger partial charge in [0.1, 0.15) is 6.04 Å². The van der Waals surface area contributed by atoms with Gasteiger partial charge in [-0.25, -0.2) is 13.2 Å². The van der Waals surface area contributed by atoms with Gasteiger partial charge in [0.05, 0.1) is 22.2 Å². The number of sulfone groups is 1. The molecule has 0 radical (unpaired) electrons. The Labute approximate surface area is 324 Å². The van der Waals surface area contributed by atoms with Crippen LogP contribution in [0.2, 0.25) is 0 Å². The molecular weight excluding hydrogens is 797 g/mol. The molecule has 1 aliphatic carbocycles. The highest BCUT2D eigenvalue weighted by molar-refractivity contribution is 14.1. The minimum Gasteiger partial charge on any atom is -0.348 e.